The largest absolute Gasteiger partial charge is 0.334 e. The van der Waals surface area contributed by atoms with Crippen LogP contribution in [0.1, 0.15) is 31.7 Å². The van der Waals surface area contributed by atoms with Gasteiger partial charge in [0, 0.05) is 32.7 Å². The lowest BCUT2D eigenvalue weighted by atomic mass is 9.99. The predicted molar refractivity (Wildman–Crippen MR) is 112 cm³/mol. The standard InChI is InChI=1S/C20H30N4O4S/c1-4-10-21-20(26)22-19(25)15-23-11-13-24(14-12-23)29(27,28)18-8-6-17(7-9-18)16(3)5-2/h4,6-9,16H,1,5,10-15H2,2-3H3,(H2,21,22,25,26). The van der Waals surface area contributed by atoms with E-state index in [9.17, 15) is 18.0 Å². The number of rotatable bonds is 8. The van der Waals surface area contributed by atoms with Gasteiger partial charge in [-0.25, -0.2) is 13.2 Å². The molecule has 0 aliphatic carbocycles. The number of imide groups is 1. The van der Waals surface area contributed by atoms with Crippen LogP contribution in [0.5, 0.6) is 0 Å². The average molecular weight is 423 g/mol. The Kier molecular flexibility index (Phi) is 8.36. The van der Waals surface area contributed by atoms with E-state index in [2.05, 4.69) is 31.1 Å². The summed E-state index contributed by atoms with van der Waals surface area (Å²) >= 11 is 0. The number of hydrogen-bond donors (Lipinski definition) is 2. The van der Waals surface area contributed by atoms with Crippen LogP contribution < -0.4 is 10.6 Å². The summed E-state index contributed by atoms with van der Waals surface area (Å²) in [5.41, 5.74) is 1.12. The van der Waals surface area contributed by atoms with Crippen molar-refractivity contribution in [2.75, 3.05) is 39.3 Å². The maximum Gasteiger partial charge on any atom is 0.321 e. The van der Waals surface area contributed by atoms with Crippen molar-refractivity contribution in [1.29, 1.82) is 0 Å². The van der Waals surface area contributed by atoms with E-state index < -0.39 is 22.0 Å². The van der Waals surface area contributed by atoms with E-state index in [1.54, 1.807) is 12.1 Å². The van der Waals surface area contributed by atoms with Gasteiger partial charge in [-0.05, 0) is 30.0 Å². The number of benzene rings is 1. The molecular formula is C20H30N4O4S. The molecule has 160 valence electrons. The Bertz CT molecular complexity index is 815. The van der Waals surface area contributed by atoms with Gasteiger partial charge in [-0.2, -0.15) is 4.31 Å². The van der Waals surface area contributed by atoms with Gasteiger partial charge >= 0.3 is 6.03 Å². The molecule has 1 aliphatic heterocycles. The maximum atomic E-state index is 12.9. The molecule has 29 heavy (non-hydrogen) atoms. The molecule has 1 unspecified atom stereocenters. The first-order valence-corrected chi connectivity index (χ1v) is 11.2. The number of amides is 3. The molecule has 1 atom stereocenters. The van der Waals surface area contributed by atoms with Crippen LogP contribution in [0.15, 0.2) is 41.8 Å². The molecule has 0 spiro atoms. The Labute approximate surface area is 173 Å². The van der Waals surface area contributed by atoms with Crippen LogP contribution in [0.3, 0.4) is 0 Å². The molecule has 0 aromatic heterocycles. The summed E-state index contributed by atoms with van der Waals surface area (Å²) in [6.45, 7) is 9.45. The smallest absolute Gasteiger partial charge is 0.321 e. The number of nitrogens with zero attached hydrogens (tertiary/aromatic N) is 2. The van der Waals surface area contributed by atoms with Crippen molar-refractivity contribution < 1.29 is 18.0 Å². The number of piperazine rings is 1. The van der Waals surface area contributed by atoms with Crippen LogP contribution >= 0.6 is 0 Å². The molecule has 1 aromatic rings. The van der Waals surface area contributed by atoms with Gasteiger partial charge in [-0.3, -0.25) is 15.0 Å². The summed E-state index contributed by atoms with van der Waals surface area (Å²) in [6, 6.07) is 6.51. The van der Waals surface area contributed by atoms with Gasteiger partial charge in [0.05, 0.1) is 11.4 Å². The monoisotopic (exact) mass is 422 g/mol. The topological polar surface area (TPSA) is 98.8 Å². The second-order valence-electron chi connectivity index (χ2n) is 7.11. The highest BCUT2D eigenvalue weighted by Gasteiger charge is 2.29. The van der Waals surface area contributed by atoms with E-state index in [0.717, 1.165) is 12.0 Å². The van der Waals surface area contributed by atoms with E-state index in [-0.39, 0.29) is 18.0 Å². The Morgan fingerprint density at radius 1 is 1.17 bits per heavy atom. The highest BCUT2D eigenvalue weighted by molar-refractivity contribution is 7.89. The SMILES string of the molecule is C=CCNC(=O)NC(=O)CN1CCN(S(=O)(=O)c2ccc(C(C)CC)cc2)CC1. The first-order valence-electron chi connectivity index (χ1n) is 9.79. The summed E-state index contributed by atoms with van der Waals surface area (Å²) in [7, 11) is -3.56. The molecule has 3 amide bonds. The summed E-state index contributed by atoms with van der Waals surface area (Å²) < 4.78 is 27.2. The van der Waals surface area contributed by atoms with E-state index in [0.29, 0.717) is 32.1 Å². The normalized spacial score (nSPS) is 16.8. The van der Waals surface area contributed by atoms with E-state index in [1.165, 1.54) is 10.4 Å². The van der Waals surface area contributed by atoms with Gasteiger partial charge < -0.3 is 5.32 Å². The molecule has 1 saturated heterocycles. The molecule has 0 radical (unpaired) electrons. The molecule has 1 fully saturated rings. The van der Waals surface area contributed by atoms with Crippen LogP contribution in [0.25, 0.3) is 0 Å². The summed E-state index contributed by atoms with van der Waals surface area (Å²) in [5.74, 6) is -0.0381. The first kappa shape index (κ1) is 23.1. The third-order valence-corrected chi connectivity index (χ3v) is 6.97. The molecule has 0 saturated carbocycles. The van der Waals surface area contributed by atoms with Gasteiger partial charge in [-0.15, -0.1) is 6.58 Å². The zero-order valence-electron chi connectivity index (χ0n) is 17.1. The first-order chi connectivity index (χ1) is 13.8. The van der Waals surface area contributed by atoms with Crippen molar-refractivity contribution >= 4 is 22.0 Å². The number of carbonyl (C=O) groups excluding carboxylic acids is 2. The minimum Gasteiger partial charge on any atom is -0.334 e. The second-order valence-corrected chi connectivity index (χ2v) is 9.04. The quantitative estimate of drug-likeness (QED) is 0.619. The van der Waals surface area contributed by atoms with Crippen LogP contribution in [-0.2, 0) is 14.8 Å². The highest BCUT2D eigenvalue weighted by atomic mass is 32.2. The number of sulfonamides is 1. The van der Waals surface area contributed by atoms with Crippen LogP contribution in [0.2, 0.25) is 0 Å². The minimum absolute atomic E-state index is 0.0407. The van der Waals surface area contributed by atoms with E-state index in [4.69, 9.17) is 0 Å². The summed E-state index contributed by atoms with van der Waals surface area (Å²) in [4.78, 5) is 25.5. The van der Waals surface area contributed by atoms with Gasteiger partial charge in [-0.1, -0.05) is 32.1 Å². The Balaban J connectivity index is 1.88. The maximum absolute atomic E-state index is 12.9. The number of hydrogen-bond acceptors (Lipinski definition) is 5. The molecule has 1 aromatic carbocycles. The fourth-order valence-corrected chi connectivity index (χ4v) is 4.48. The highest BCUT2D eigenvalue weighted by Crippen LogP contribution is 2.23. The molecular weight excluding hydrogens is 392 g/mol. The lowest BCUT2D eigenvalue weighted by molar-refractivity contribution is -0.121. The van der Waals surface area contributed by atoms with E-state index in [1.807, 2.05) is 17.0 Å². The lowest BCUT2D eigenvalue weighted by Crippen LogP contribution is -2.52. The average Bonchev–Trinajstić information content (AvgIpc) is 2.72. The lowest BCUT2D eigenvalue weighted by Gasteiger charge is -2.33. The Morgan fingerprint density at radius 2 is 1.79 bits per heavy atom. The third kappa shape index (κ3) is 6.38. The van der Waals surface area contributed by atoms with Crippen molar-refractivity contribution in [2.45, 2.75) is 31.1 Å². The summed E-state index contributed by atoms with van der Waals surface area (Å²) in [5, 5.41) is 4.70. The van der Waals surface area contributed by atoms with Gasteiger partial charge in [0.15, 0.2) is 0 Å². The molecule has 0 bridgehead atoms. The fraction of sp³-hybridized carbons (Fsp3) is 0.500. The zero-order chi connectivity index (χ0) is 21.4. The minimum atomic E-state index is -3.56. The molecule has 8 nitrogen and oxygen atoms in total. The van der Waals surface area contributed by atoms with Crippen molar-refractivity contribution in [2.24, 2.45) is 0 Å². The number of carbonyl (C=O) groups is 2. The van der Waals surface area contributed by atoms with Gasteiger partial charge in [0.2, 0.25) is 15.9 Å². The molecule has 2 rings (SSSR count). The van der Waals surface area contributed by atoms with Gasteiger partial charge in [0.25, 0.3) is 0 Å². The second kappa shape index (κ2) is 10.5. The molecule has 1 heterocycles. The van der Waals surface area contributed by atoms with Crippen LogP contribution in [0, 0.1) is 0 Å². The molecule has 9 heteroatoms. The van der Waals surface area contributed by atoms with Crippen molar-refractivity contribution in [3.05, 3.63) is 42.5 Å². The van der Waals surface area contributed by atoms with Crippen molar-refractivity contribution in [1.82, 2.24) is 19.8 Å². The fourth-order valence-electron chi connectivity index (χ4n) is 3.06. The van der Waals surface area contributed by atoms with Gasteiger partial charge in [0.1, 0.15) is 0 Å². The Morgan fingerprint density at radius 3 is 2.34 bits per heavy atom. The van der Waals surface area contributed by atoms with Crippen molar-refractivity contribution in [3.8, 4) is 0 Å². The van der Waals surface area contributed by atoms with Crippen molar-refractivity contribution in [3.63, 3.8) is 0 Å². The van der Waals surface area contributed by atoms with E-state index >= 15 is 0 Å². The molecule has 2 N–H and O–H groups in total. The van der Waals surface area contributed by atoms with Crippen LogP contribution in [-0.4, -0.2) is 68.8 Å². The summed E-state index contributed by atoms with van der Waals surface area (Å²) in [6.07, 6.45) is 2.51. The predicted octanol–water partition coefficient (Wildman–Crippen LogP) is 1.52. The Hall–Kier alpha value is -2.23. The zero-order valence-corrected chi connectivity index (χ0v) is 17.9. The third-order valence-electron chi connectivity index (χ3n) is 5.06. The number of urea groups is 1. The van der Waals surface area contributed by atoms with Crippen LogP contribution in [0.4, 0.5) is 4.79 Å². The number of nitrogens with one attached hydrogen (secondary N) is 2. The molecule has 1 aliphatic rings.